The minimum absolute atomic E-state index is 0.0973. The van der Waals surface area contributed by atoms with Gasteiger partial charge in [0.25, 0.3) is 5.69 Å². The third-order valence-electron chi connectivity index (χ3n) is 3.59. The standard InChI is InChI=1S/C15H12N2O4/c1-16-13-9(5-3-7-11(13)17(19)20)15(18)10-6-4-8-12(21-2)14(10)16/h3-8H,1-2H3. The van der Waals surface area contributed by atoms with Crippen molar-refractivity contribution in [3.63, 3.8) is 0 Å². The molecule has 0 bridgehead atoms. The Labute approximate surface area is 119 Å². The summed E-state index contributed by atoms with van der Waals surface area (Å²) in [5.41, 5.74) is 0.511. The lowest BCUT2D eigenvalue weighted by Gasteiger charge is -2.13. The van der Waals surface area contributed by atoms with Crippen molar-refractivity contribution in [1.82, 2.24) is 4.57 Å². The van der Waals surface area contributed by atoms with Gasteiger partial charge in [0.15, 0.2) is 5.43 Å². The smallest absolute Gasteiger partial charge is 0.293 e. The summed E-state index contributed by atoms with van der Waals surface area (Å²) in [4.78, 5) is 23.3. The predicted molar refractivity (Wildman–Crippen MR) is 79.9 cm³/mol. The molecule has 0 saturated heterocycles. The number of benzene rings is 2. The first-order valence-electron chi connectivity index (χ1n) is 6.29. The number of nitrogens with zero attached hydrogens (tertiary/aromatic N) is 2. The van der Waals surface area contributed by atoms with Gasteiger partial charge >= 0.3 is 0 Å². The maximum Gasteiger partial charge on any atom is 0.293 e. The van der Waals surface area contributed by atoms with Gasteiger partial charge in [-0.15, -0.1) is 0 Å². The first kappa shape index (κ1) is 13.1. The Balaban J connectivity index is 2.68. The van der Waals surface area contributed by atoms with Crippen LogP contribution in [0, 0.1) is 10.1 Å². The largest absolute Gasteiger partial charge is 0.495 e. The normalized spacial score (nSPS) is 11.0. The van der Waals surface area contributed by atoms with Crippen molar-refractivity contribution in [2.45, 2.75) is 0 Å². The molecule has 106 valence electrons. The summed E-state index contributed by atoms with van der Waals surface area (Å²) >= 11 is 0. The molecule has 0 atom stereocenters. The summed E-state index contributed by atoms with van der Waals surface area (Å²) in [6.45, 7) is 0. The van der Waals surface area contributed by atoms with Gasteiger partial charge in [0.2, 0.25) is 0 Å². The topological polar surface area (TPSA) is 74.4 Å². The molecule has 0 saturated carbocycles. The van der Waals surface area contributed by atoms with Crippen molar-refractivity contribution in [2.24, 2.45) is 7.05 Å². The molecular weight excluding hydrogens is 272 g/mol. The highest BCUT2D eigenvalue weighted by Crippen LogP contribution is 2.30. The molecule has 0 aliphatic carbocycles. The Hall–Kier alpha value is -2.89. The molecule has 0 unspecified atom stereocenters. The van der Waals surface area contributed by atoms with E-state index in [2.05, 4.69) is 0 Å². The van der Waals surface area contributed by atoms with Crippen LogP contribution in [-0.2, 0) is 7.05 Å². The van der Waals surface area contributed by atoms with Crippen LogP contribution in [0.5, 0.6) is 5.75 Å². The van der Waals surface area contributed by atoms with E-state index in [1.165, 1.54) is 19.2 Å². The van der Waals surface area contributed by atoms with Gasteiger partial charge < -0.3 is 9.30 Å². The van der Waals surface area contributed by atoms with Gasteiger partial charge in [0, 0.05) is 13.1 Å². The zero-order valence-corrected chi connectivity index (χ0v) is 11.5. The van der Waals surface area contributed by atoms with Crippen LogP contribution in [0.2, 0.25) is 0 Å². The number of hydrogen-bond donors (Lipinski definition) is 0. The van der Waals surface area contributed by atoms with E-state index in [-0.39, 0.29) is 11.1 Å². The highest BCUT2D eigenvalue weighted by Gasteiger charge is 2.19. The fraction of sp³-hybridized carbons (Fsp3) is 0.133. The van der Waals surface area contributed by atoms with E-state index < -0.39 is 4.92 Å². The Kier molecular flexibility index (Phi) is 2.86. The number of aromatic nitrogens is 1. The van der Waals surface area contributed by atoms with Gasteiger partial charge in [-0.3, -0.25) is 14.9 Å². The van der Waals surface area contributed by atoms with Crippen molar-refractivity contribution in [1.29, 1.82) is 0 Å². The second-order valence-electron chi connectivity index (χ2n) is 4.67. The molecule has 0 aliphatic rings. The van der Waals surface area contributed by atoms with E-state index in [0.29, 0.717) is 27.6 Å². The van der Waals surface area contributed by atoms with E-state index in [4.69, 9.17) is 4.74 Å². The molecule has 3 aromatic rings. The van der Waals surface area contributed by atoms with Gasteiger partial charge in [0.05, 0.1) is 28.3 Å². The molecule has 1 heterocycles. The first-order valence-corrected chi connectivity index (χ1v) is 6.29. The first-order chi connectivity index (χ1) is 10.1. The minimum atomic E-state index is -0.483. The van der Waals surface area contributed by atoms with Gasteiger partial charge in [-0.1, -0.05) is 12.1 Å². The highest BCUT2D eigenvalue weighted by molar-refractivity contribution is 5.99. The lowest BCUT2D eigenvalue weighted by molar-refractivity contribution is -0.383. The molecule has 1 aromatic heterocycles. The third-order valence-corrected chi connectivity index (χ3v) is 3.59. The number of nitro groups is 1. The summed E-state index contributed by atoms with van der Waals surface area (Å²) in [7, 11) is 3.20. The van der Waals surface area contributed by atoms with E-state index in [1.807, 2.05) is 0 Å². The number of nitro benzene ring substituents is 1. The van der Waals surface area contributed by atoms with Crippen molar-refractivity contribution >= 4 is 27.5 Å². The van der Waals surface area contributed by atoms with Crippen molar-refractivity contribution in [3.8, 4) is 5.75 Å². The molecule has 0 N–H and O–H groups in total. The number of fused-ring (bicyclic) bond motifs is 2. The molecule has 0 amide bonds. The molecule has 2 aromatic carbocycles. The Bertz CT molecular complexity index is 944. The van der Waals surface area contributed by atoms with Crippen molar-refractivity contribution < 1.29 is 9.66 Å². The average Bonchev–Trinajstić information content (AvgIpc) is 2.50. The monoisotopic (exact) mass is 284 g/mol. The molecule has 3 rings (SSSR count). The summed E-state index contributed by atoms with van der Waals surface area (Å²) in [5.74, 6) is 0.507. The van der Waals surface area contributed by atoms with Crippen LogP contribution in [0.15, 0.2) is 41.2 Å². The average molecular weight is 284 g/mol. The second-order valence-corrected chi connectivity index (χ2v) is 4.67. The molecule has 0 radical (unpaired) electrons. The summed E-state index contributed by atoms with van der Waals surface area (Å²) in [6, 6.07) is 9.66. The Morgan fingerprint density at radius 2 is 1.71 bits per heavy atom. The number of pyridine rings is 1. The van der Waals surface area contributed by atoms with Crippen molar-refractivity contribution in [3.05, 3.63) is 56.7 Å². The number of hydrogen-bond acceptors (Lipinski definition) is 4. The van der Waals surface area contributed by atoms with Crippen molar-refractivity contribution in [2.75, 3.05) is 7.11 Å². The van der Waals surface area contributed by atoms with E-state index in [1.54, 1.807) is 35.9 Å². The second kappa shape index (κ2) is 4.59. The fourth-order valence-electron chi connectivity index (χ4n) is 2.69. The number of ether oxygens (including phenoxy) is 1. The van der Waals surface area contributed by atoms with Crippen LogP contribution >= 0.6 is 0 Å². The molecular formula is C15H12N2O4. The van der Waals surface area contributed by atoms with Crippen LogP contribution in [0.1, 0.15) is 0 Å². The van der Waals surface area contributed by atoms with Gasteiger partial charge in [-0.05, 0) is 18.2 Å². The predicted octanol–water partition coefficient (Wildman–Crippen LogP) is 2.61. The lowest BCUT2D eigenvalue weighted by atomic mass is 10.1. The van der Waals surface area contributed by atoms with Gasteiger partial charge in [-0.25, -0.2) is 0 Å². The summed E-state index contributed by atoms with van der Waals surface area (Å²) < 4.78 is 6.92. The van der Waals surface area contributed by atoms with Crippen LogP contribution in [-0.4, -0.2) is 16.6 Å². The number of methoxy groups -OCH3 is 1. The highest BCUT2D eigenvalue weighted by atomic mass is 16.6. The van der Waals surface area contributed by atoms with E-state index >= 15 is 0 Å². The molecule has 6 nitrogen and oxygen atoms in total. The van der Waals surface area contributed by atoms with Crippen LogP contribution in [0.25, 0.3) is 21.8 Å². The van der Waals surface area contributed by atoms with E-state index in [0.717, 1.165) is 0 Å². The Morgan fingerprint density at radius 3 is 2.33 bits per heavy atom. The third kappa shape index (κ3) is 1.76. The quantitative estimate of drug-likeness (QED) is 0.412. The number of non-ortho nitro benzene ring substituents is 1. The molecule has 6 heteroatoms. The maximum absolute atomic E-state index is 12.6. The zero-order valence-electron chi connectivity index (χ0n) is 11.5. The minimum Gasteiger partial charge on any atom is -0.495 e. The van der Waals surface area contributed by atoms with Crippen LogP contribution in [0.4, 0.5) is 5.69 Å². The summed E-state index contributed by atoms with van der Waals surface area (Å²) in [6.07, 6.45) is 0. The molecule has 0 spiro atoms. The number of para-hydroxylation sites is 2. The SMILES string of the molecule is COc1cccc2c(=O)c3cccc([N+](=O)[O-])c3n(C)c12. The van der Waals surface area contributed by atoms with Gasteiger partial charge in [-0.2, -0.15) is 0 Å². The molecule has 0 aliphatic heterocycles. The zero-order chi connectivity index (χ0) is 15.1. The Morgan fingerprint density at radius 1 is 1.10 bits per heavy atom. The van der Waals surface area contributed by atoms with Crippen LogP contribution < -0.4 is 10.2 Å². The maximum atomic E-state index is 12.6. The van der Waals surface area contributed by atoms with Crippen LogP contribution in [0.3, 0.4) is 0 Å². The molecule has 0 fully saturated rings. The summed E-state index contributed by atoms with van der Waals surface area (Å²) in [5, 5.41) is 12.0. The fourth-order valence-corrected chi connectivity index (χ4v) is 2.69. The number of aryl methyl sites for hydroxylation is 1. The number of rotatable bonds is 2. The molecule has 21 heavy (non-hydrogen) atoms. The van der Waals surface area contributed by atoms with E-state index in [9.17, 15) is 14.9 Å². The lowest BCUT2D eigenvalue weighted by Crippen LogP contribution is -2.11. The van der Waals surface area contributed by atoms with Gasteiger partial charge in [0.1, 0.15) is 11.3 Å².